The Labute approximate surface area is 294 Å². The fraction of sp³-hybridized carbons (Fsp3) is 0.394. The third-order valence-corrected chi connectivity index (χ3v) is 8.56. The summed E-state index contributed by atoms with van der Waals surface area (Å²) in [6.45, 7) is 1.04. The highest BCUT2D eigenvalue weighted by Crippen LogP contribution is 2.44. The largest absolute Gasteiger partial charge is 0.447 e. The van der Waals surface area contributed by atoms with Crippen molar-refractivity contribution in [3.63, 3.8) is 0 Å². The minimum atomic E-state index is -2.99. The third-order valence-electron chi connectivity index (χ3n) is 8.22. The van der Waals surface area contributed by atoms with Gasteiger partial charge in [0.15, 0.2) is 23.5 Å². The number of alkyl halides is 5. The molecule has 12 nitrogen and oxygen atoms in total. The summed E-state index contributed by atoms with van der Waals surface area (Å²) in [5.41, 5.74) is 4.05. The smallest absolute Gasteiger partial charge is 0.407 e. The van der Waals surface area contributed by atoms with E-state index in [0.717, 1.165) is 25.1 Å². The van der Waals surface area contributed by atoms with Gasteiger partial charge in [-0.05, 0) is 57.0 Å². The molecular formula is C33H35ClF5N9O3. The lowest BCUT2D eigenvalue weighted by Gasteiger charge is -2.34. The van der Waals surface area contributed by atoms with E-state index in [9.17, 15) is 27.2 Å². The van der Waals surface area contributed by atoms with E-state index in [-0.39, 0.29) is 27.7 Å². The molecule has 3 atom stereocenters. The molecule has 2 aromatic carbocycles. The Balaban J connectivity index is 1.57. The minimum absolute atomic E-state index is 0.0387. The molecule has 1 unspecified atom stereocenters. The first kappa shape index (κ1) is 37.4. The Hall–Kier alpha value is -4.90. The van der Waals surface area contributed by atoms with Gasteiger partial charge >= 0.3 is 12.6 Å². The summed E-state index contributed by atoms with van der Waals surface area (Å²) >= 11 is 6.43. The number of aliphatic imine (C=N–C) groups is 2. The fourth-order valence-electron chi connectivity index (χ4n) is 5.76. The van der Waals surface area contributed by atoms with Crippen LogP contribution in [0.4, 0.5) is 26.7 Å². The van der Waals surface area contributed by atoms with E-state index >= 15 is 4.39 Å². The van der Waals surface area contributed by atoms with Crippen LogP contribution < -0.4 is 16.5 Å². The van der Waals surface area contributed by atoms with Gasteiger partial charge in [0.25, 0.3) is 12.3 Å². The molecule has 0 bridgehead atoms. The predicted molar refractivity (Wildman–Crippen MR) is 178 cm³/mol. The average Bonchev–Trinajstić information content (AvgIpc) is 3.65. The quantitative estimate of drug-likeness (QED) is 0.155. The molecule has 2 aliphatic rings. The number of hydrogen-bond acceptors (Lipinski definition) is 10. The van der Waals surface area contributed by atoms with Crippen LogP contribution in [0.15, 0.2) is 70.9 Å². The average molecular weight is 736 g/mol. The highest BCUT2D eigenvalue weighted by Gasteiger charge is 2.54. The maximum atomic E-state index is 15.6. The molecule has 1 aromatic heterocycles. The van der Waals surface area contributed by atoms with Crippen molar-refractivity contribution < 1.29 is 36.3 Å². The van der Waals surface area contributed by atoms with Crippen LogP contribution in [0.5, 0.6) is 0 Å². The molecule has 0 spiro atoms. The number of carbonyl (C=O) groups excluding carboxylic acids is 2. The van der Waals surface area contributed by atoms with Crippen molar-refractivity contribution in [2.75, 3.05) is 6.61 Å². The summed E-state index contributed by atoms with van der Waals surface area (Å²) in [4.78, 5) is 45.5. The van der Waals surface area contributed by atoms with Crippen LogP contribution in [0.3, 0.4) is 0 Å². The van der Waals surface area contributed by atoms with Crippen LogP contribution in [-0.4, -0.2) is 75.0 Å². The lowest BCUT2D eigenvalue weighted by molar-refractivity contribution is -0.135. The van der Waals surface area contributed by atoms with Gasteiger partial charge in [0.05, 0.1) is 17.9 Å². The van der Waals surface area contributed by atoms with Gasteiger partial charge in [0.2, 0.25) is 0 Å². The van der Waals surface area contributed by atoms with Gasteiger partial charge < -0.3 is 21.2 Å². The molecule has 2 aliphatic heterocycles. The van der Waals surface area contributed by atoms with E-state index in [0.29, 0.717) is 16.4 Å². The van der Waals surface area contributed by atoms with Crippen molar-refractivity contribution >= 4 is 35.9 Å². The van der Waals surface area contributed by atoms with Crippen molar-refractivity contribution in [2.24, 2.45) is 15.7 Å². The number of hydrogen-bond donors (Lipinski definition) is 3. The number of nitrogens with two attached hydrogens (primary N) is 1. The first-order valence-corrected chi connectivity index (χ1v) is 15.9. The second-order valence-electron chi connectivity index (χ2n) is 13.1. The lowest BCUT2D eigenvalue weighted by Crippen LogP contribution is -2.50. The van der Waals surface area contributed by atoms with Gasteiger partial charge in [-0.3, -0.25) is 9.69 Å². The van der Waals surface area contributed by atoms with Crippen LogP contribution in [0.25, 0.3) is 11.4 Å². The predicted octanol–water partition coefficient (Wildman–Crippen LogP) is 5.87. The first-order valence-electron chi connectivity index (χ1n) is 15.6. The maximum absolute atomic E-state index is 15.6. The number of benzene rings is 2. The van der Waals surface area contributed by atoms with E-state index in [4.69, 9.17) is 22.1 Å². The Morgan fingerprint density at radius 2 is 1.76 bits per heavy atom. The number of hydrazine groups is 1. The van der Waals surface area contributed by atoms with E-state index in [1.807, 2.05) is 0 Å². The zero-order valence-corrected chi connectivity index (χ0v) is 28.6. The van der Waals surface area contributed by atoms with E-state index in [2.05, 4.69) is 30.7 Å². The van der Waals surface area contributed by atoms with Crippen molar-refractivity contribution in [2.45, 2.75) is 76.0 Å². The van der Waals surface area contributed by atoms with Gasteiger partial charge in [0.1, 0.15) is 12.3 Å². The molecule has 3 aromatic rings. The molecule has 0 saturated heterocycles. The normalized spacial score (nSPS) is 20.2. The SMILES string of the molecule is CC(C)(F)C[C@]1(c2ccc(-c3ncccn3)cc2)N=C(N)N([C@H](COC(=O)NC(C)(C)C(F)F)c2ccc(Cl)c(C3N=CNN3C(F)F)c2)C1=O. The second-order valence-corrected chi connectivity index (χ2v) is 13.5. The van der Waals surface area contributed by atoms with Crippen LogP contribution in [0.1, 0.15) is 63.0 Å². The molecule has 2 amide bonds. The van der Waals surface area contributed by atoms with Gasteiger partial charge in [-0.1, -0.05) is 41.9 Å². The standard InChI is InChI=1S/C33H35ClF5N9O3/c1-31(2,39)16-33(20-9-6-18(7-10-20)24-41-12-5-13-42-24)27(49)47(29(40)45-33)23(15-51-30(50)46-32(3,4)26(35)36)19-8-11-22(34)21(14-19)25-43-17-44-48(25)28(37)38/h5-14,17,23,25-26,28H,15-16H2,1-4H3,(H2,40,45)(H,43,44)(H,46,50)/t23-,25?,33-/m1/s1. The van der Waals surface area contributed by atoms with Crippen LogP contribution in [-0.2, 0) is 15.1 Å². The molecule has 0 fully saturated rings. The Morgan fingerprint density at radius 1 is 1.10 bits per heavy atom. The minimum Gasteiger partial charge on any atom is -0.447 e. The topological polar surface area (TPSA) is 150 Å². The molecule has 4 N–H and O–H groups in total. The number of ether oxygens (including phenoxy) is 1. The van der Waals surface area contributed by atoms with Gasteiger partial charge in [0, 0.05) is 35.0 Å². The molecule has 51 heavy (non-hydrogen) atoms. The Bertz CT molecular complexity index is 1810. The molecular weight excluding hydrogens is 701 g/mol. The van der Waals surface area contributed by atoms with E-state index in [1.165, 1.54) is 32.0 Å². The fourth-order valence-corrected chi connectivity index (χ4v) is 5.98. The molecule has 0 aliphatic carbocycles. The molecule has 3 heterocycles. The first-order chi connectivity index (χ1) is 23.9. The molecule has 18 heteroatoms. The van der Waals surface area contributed by atoms with Gasteiger partial charge in [-0.2, -0.15) is 8.78 Å². The number of guanidine groups is 1. The van der Waals surface area contributed by atoms with Crippen molar-refractivity contribution in [3.05, 3.63) is 82.6 Å². The van der Waals surface area contributed by atoms with E-state index in [1.54, 1.807) is 42.7 Å². The maximum Gasteiger partial charge on any atom is 0.407 e. The second kappa shape index (κ2) is 14.4. The Morgan fingerprint density at radius 3 is 2.37 bits per heavy atom. The number of alkyl carbamates (subject to hydrolysis) is 1. The summed E-state index contributed by atoms with van der Waals surface area (Å²) < 4.78 is 75.6. The summed E-state index contributed by atoms with van der Waals surface area (Å²) in [6, 6.07) is 10.9. The molecule has 0 radical (unpaired) electrons. The van der Waals surface area contributed by atoms with Crippen molar-refractivity contribution in [1.29, 1.82) is 0 Å². The Kier molecular flexibility index (Phi) is 10.5. The number of halogens is 6. The number of amides is 2. The van der Waals surface area contributed by atoms with Crippen molar-refractivity contribution in [3.8, 4) is 11.4 Å². The zero-order chi connectivity index (χ0) is 37.3. The van der Waals surface area contributed by atoms with Crippen LogP contribution in [0.2, 0.25) is 5.02 Å². The van der Waals surface area contributed by atoms with Gasteiger partial charge in [-0.15, -0.1) is 5.01 Å². The number of nitrogens with zero attached hydrogens (tertiary/aromatic N) is 6. The van der Waals surface area contributed by atoms with Crippen molar-refractivity contribution in [1.82, 2.24) is 30.6 Å². The number of carbonyl (C=O) groups is 2. The lowest BCUT2D eigenvalue weighted by atomic mass is 9.80. The molecule has 0 saturated carbocycles. The summed E-state index contributed by atoms with van der Waals surface area (Å²) in [5.74, 6) is -0.780. The highest BCUT2D eigenvalue weighted by molar-refractivity contribution is 6.31. The summed E-state index contributed by atoms with van der Waals surface area (Å²) in [6.07, 6.45) is -1.78. The zero-order valence-electron chi connectivity index (χ0n) is 27.8. The van der Waals surface area contributed by atoms with Gasteiger partial charge in [-0.25, -0.2) is 37.9 Å². The number of aromatic nitrogens is 2. The van der Waals surface area contributed by atoms with E-state index < -0.39 is 67.0 Å². The van der Waals surface area contributed by atoms with Crippen LogP contribution in [0, 0.1) is 0 Å². The van der Waals surface area contributed by atoms with Crippen LogP contribution >= 0.6 is 11.6 Å². The molecule has 272 valence electrons. The number of nitrogens with one attached hydrogen (secondary N) is 2. The summed E-state index contributed by atoms with van der Waals surface area (Å²) in [5, 5.41) is 2.65. The highest BCUT2D eigenvalue weighted by atomic mass is 35.5. The summed E-state index contributed by atoms with van der Waals surface area (Å²) in [7, 11) is 0. The number of rotatable bonds is 12. The third kappa shape index (κ3) is 7.88. The molecule has 5 rings (SSSR count). The monoisotopic (exact) mass is 735 g/mol.